The molecule has 0 unspecified atom stereocenters. The van der Waals surface area contributed by atoms with Crippen molar-refractivity contribution < 1.29 is 9.90 Å². The molecule has 7 heteroatoms. The monoisotopic (exact) mass is 233 g/mol. The summed E-state index contributed by atoms with van der Waals surface area (Å²) in [4.78, 5) is 13.0. The number of benzene rings is 1. The van der Waals surface area contributed by atoms with E-state index in [0.29, 0.717) is 5.56 Å². The smallest absolute Gasteiger partial charge is 0.270 e. The molecule has 2 rings (SSSR count). The highest BCUT2D eigenvalue weighted by Gasteiger charge is 2.14. The van der Waals surface area contributed by atoms with Crippen LogP contribution >= 0.6 is 0 Å². The second kappa shape index (κ2) is 4.20. The summed E-state index contributed by atoms with van der Waals surface area (Å²) in [6, 6.07) is 4.93. The lowest BCUT2D eigenvalue weighted by Gasteiger charge is -2.05. The van der Waals surface area contributed by atoms with Gasteiger partial charge in [0.1, 0.15) is 5.75 Å². The number of hydrogen-bond donors (Lipinski definition) is 2. The average molecular weight is 233 g/mol. The van der Waals surface area contributed by atoms with E-state index < -0.39 is 5.91 Å². The van der Waals surface area contributed by atoms with E-state index in [9.17, 15) is 9.90 Å². The molecule has 88 valence electrons. The molecule has 0 saturated carbocycles. The molecule has 0 fully saturated rings. The molecule has 0 bridgehead atoms. The number of hydrogen-bond acceptors (Lipinski definition) is 5. The van der Waals surface area contributed by atoms with E-state index in [2.05, 4.69) is 20.7 Å². The molecular weight excluding hydrogens is 222 g/mol. The Morgan fingerprint density at radius 1 is 1.47 bits per heavy atom. The van der Waals surface area contributed by atoms with E-state index in [0.717, 1.165) is 0 Å². The van der Waals surface area contributed by atoms with Crippen molar-refractivity contribution in [3.63, 3.8) is 0 Å². The third-order valence-electron chi connectivity index (χ3n) is 2.22. The number of tetrazole rings is 1. The Labute approximate surface area is 97.1 Å². The topological polar surface area (TPSA) is 92.9 Å². The van der Waals surface area contributed by atoms with Gasteiger partial charge in [-0.2, -0.15) is 4.80 Å². The van der Waals surface area contributed by atoms with Crippen LogP contribution in [0.5, 0.6) is 5.75 Å². The summed E-state index contributed by atoms with van der Waals surface area (Å²) in [7, 11) is 1.59. The first-order valence-electron chi connectivity index (χ1n) is 4.92. The minimum atomic E-state index is -0.473. The molecule has 17 heavy (non-hydrogen) atoms. The number of anilines is 1. The molecule has 0 saturated heterocycles. The van der Waals surface area contributed by atoms with Gasteiger partial charge in [0.25, 0.3) is 11.9 Å². The first kappa shape index (κ1) is 11.1. The molecule has 0 spiro atoms. The van der Waals surface area contributed by atoms with Crippen molar-refractivity contribution in [2.45, 2.75) is 6.92 Å². The number of aromatic nitrogens is 4. The molecule has 0 atom stereocenters. The molecule has 1 heterocycles. The number of carbonyl (C=O) groups is 1. The molecule has 0 aliphatic heterocycles. The number of aromatic hydroxyl groups is 1. The predicted octanol–water partition coefficient (Wildman–Crippen LogP) is 0.476. The molecule has 1 amide bonds. The van der Waals surface area contributed by atoms with E-state index in [1.54, 1.807) is 26.1 Å². The van der Waals surface area contributed by atoms with Crippen LogP contribution in [0, 0.1) is 6.92 Å². The summed E-state index contributed by atoms with van der Waals surface area (Å²) >= 11 is 0. The maximum atomic E-state index is 11.8. The van der Waals surface area contributed by atoms with E-state index in [1.165, 1.54) is 10.9 Å². The van der Waals surface area contributed by atoms with Gasteiger partial charge in [0.2, 0.25) is 0 Å². The average Bonchev–Trinajstić information content (AvgIpc) is 2.68. The molecule has 2 aromatic rings. The first-order chi connectivity index (χ1) is 8.08. The lowest BCUT2D eigenvalue weighted by Crippen LogP contribution is -2.13. The van der Waals surface area contributed by atoms with Gasteiger partial charge in [-0.25, -0.2) is 0 Å². The van der Waals surface area contributed by atoms with Gasteiger partial charge in [-0.05, 0) is 23.8 Å². The lowest BCUT2D eigenvalue weighted by atomic mass is 10.1. The number of nitrogens with zero attached hydrogens (tertiary/aromatic N) is 4. The van der Waals surface area contributed by atoms with Crippen molar-refractivity contribution in [3.05, 3.63) is 29.3 Å². The van der Waals surface area contributed by atoms with E-state index in [4.69, 9.17) is 0 Å². The fourth-order valence-electron chi connectivity index (χ4n) is 1.35. The van der Waals surface area contributed by atoms with Gasteiger partial charge in [-0.1, -0.05) is 17.2 Å². The van der Waals surface area contributed by atoms with Gasteiger partial charge in [0, 0.05) is 0 Å². The summed E-state index contributed by atoms with van der Waals surface area (Å²) in [5.41, 5.74) is 0.808. The molecule has 0 aliphatic carbocycles. The Hall–Kier alpha value is -2.44. The van der Waals surface area contributed by atoms with Gasteiger partial charge < -0.3 is 5.11 Å². The molecule has 1 aromatic carbocycles. The third-order valence-corrected chi connectivity index (χ3v) is 2.22. The summed E-state index contributed by atoms with van der Waals surface area (Å²) in [6.45, 7) is 1.71. The van der Waals surface area contributed by atoms with Crippen LogP contribution in [0.4, 0.5) is 5.95 Å². The predicted molar refractivity (Wildman–Crippen MR) is 59.6 cm³/mol. The van der Waals surface area contributed by atoms with Crippen molar-refractivity contribution in [1.82, 2.24) is 20.2 Å². The van der Waals surface area contributed by atoms with Crippen LogP contribution in [0.25, 0.3) is 0 Å². The molecule has 0 radical (unpaired) electrons. The van der Waals surface area contributed by atoms with E-state index in [1.807, 2.05) is 0 Å². The highest BCUT2D eigenvalue weighted by atomic mass is 16.3. The quantitative estimate of drug-likeness (QED) is 0.786. The van der Waals surface area contributed by atoms with Crippen molar-refractivity contribution in [2.24, 2.45) is 7.05 Å². The second-order valence-electron chi connectivity index (χ2n) is 3.53. The zero-order valence-electron chi connectivity index (χ0n) is 9.38. The second-order valence-corrected chi connectivity index (χ2v) is 3.53. The molecule has 1 aromatic heterocycles. The van der Waals surface area contributed by atoms with Gasteiger partial charge in [-0.15, -0.1) is 5.10 Å². The minimum Gasteiger partial charge on any atom is -0.507 e. The largest absolute Gasteiger partial charge is 0.507 e. The number of aryl methyl sites for hydroxylation is 2. The van der Waals surface area contributed by atoms with Crippen LogP contribution in [0.3, 0.4) is 0 Å². The Bertz CT molecular complexity index is 564. The van der Waals surface area contributed by atoms with Crippen LogP contribution in [0.15, 0.2) is 18.2 Å². The van der Waals surface area contributed by atoms with Gasteiger partial charge >= 0.3 is 0 Å². The Morgan fingerprint density at radius 2 is 2.24 bits per heavy atom. The molecule has 2 N–H and O–H groups in total. The summed E-state index contributed by atoms with van der Waals surface area (Å²) in [5.74, 6) is -0.425. The third kappa shape index (κ3) is 2.22. The Kier molecular flexibility index (Phi) is 2.73. The fraction of sp³-hybridized carbons (Fsp3) is 0.200. The van der Waals surface area contributed by atoms with Crippen LogP contribution in [0.1, 0.15) is 15.9 Å². The van der Waals surface area contributed by atoms with Crippen LogP contribution < -0.4 is 5.32 Å². The number of para-hydroxylation sites is 1. The number of rotatable bonds is 2. The summed E-state index contributed by atoms with van der Waals surface area (Å²) in [6.07, 6.45) is 0. The van der Waals surface area contributed by atoms with E-state index in [-0.39, 0.29) is 17.3 Å². The number of amides is 1. The Balaban J connectivity index is 2.23. The number of nitrogens with one attached hydrogen (secondary N) is 1. The van der Waals surface area contributed by atoms with Crippen LogP contribution in [0.2, 0.25) is 0 Å². The minimum absolute atomic E-state index is 0.0473. The highest BCUT2D eigenvalue weighted by molar-refractivity contribution is 6.05. The Morgan fingerprint density at radius 3 is 2.88 bits per heavy atom. The number of phenolic OH excluding ortho intramolecular Hbond substituents is 1. The molecular formula is C10H11N5O2. The normalized spacial score (nSPS) is 10.2. The van der Waals surface area contributed by atoms with Crippen LogP contribution in [-0.4, -0.2) is 31.2 Å². The summed E-state index contributed by atoms with van der Waals surface area (Å²) < 4.78 is 0. The lowest BCUT2D eigenvalue weighted by molar-refractivity contribution is 0.102. The zero-order chi connectivity index (χ0) is 12.4. The van der Waals surface area contributed by atoms with Gasteiger partial charge in [0.05, 0.1) is 12.6 Å². The summed E-state index contributed by atoms with van der Waals surface area (Å²) in [5, 5.41) is 23.2. The zero-order valence-corrected chi connectivity index (χ0v) is 9.38. The standard InChI is InChI=1S/C10H11N5O2/c1-6-4-3-5-7(8(6)16)9(17)11-10-12-14-15(2)13-10/h3-5,16H,1-2H3,(H,11,13,17). The van der Waals surface area contributed by atoms with Crippen molar-refractivity contribution in [1.29, 1.82) is 0 Å². The molecule has 0 aliphatic rings. The maximum absolute atomic E-state index is 11.8. The molecule has 7 nitrogen and oxygen atoms in total. The number of carbonyl (C=O) groups excluding carboxylic acids is 1. The van der Waals surface area contributed by atoms with E-state index >= 15 is 0 Å². The maximum Gasteiger partial charge on any atom is 0.270 e. The van der Waals surface area contributed by atoms with Crippen LogP contribution in [-0.2, 0) is 7.05 Å². The number of phenols is 1. The van der Waals surface area contributed by atoms with Gasteiger partial charge in [-0.3, -0.25) is 10.1 Å². The van der Waals surface area contributed by atoms with Crippen molar-refractivity contribution >= 4 is 11.9 Å². The SMILES string of the molecule is Cc1cccc(C(=O)Nc2nnn(C)n2)c1O. The van der Waals surface area contributed by atoms with Crippen molar-refractivity contribution in [2.75, 3.05) is 5.32 Å². The fourth-order valence-corrected chi connectivity index (χ4v) is 1.35. The van der Waals surface area contributed by atoms with Crippen molar-refractivity contribution in [3.8, 4) is 5.75 Å². The highest BCUT2D eigenvalue weighted by Crippen LogP contribution is 2.21. The van der Waals surface area contributed by atoms with Gasteiger partial charge in [0.15, 0.2) is 0 Å². The first-order valence-corrected chi connectivity index (χ1v) is 4.92.